The third-order valence-corrected chi connectivity index (χ3v) is 4.81. The van der Waals surface area contributed by atoms with E-state index in [1.54, 1.807) is 13.8 Å². The zero-order valence-corrected chi connectivity index (χ0v) is 18.3. The molecule has 0 aromatic heterocycles. The van der Waals surface area contributed by atoms with E-state index in [1.807, 2.05) is 0 Å². The predicted molar refractivity (Wildman–Crippen MR) is 110 cm³/mol. The van der Waals surface area contributed by atoms with E-state index in [0.29, 0.717) is 6.42 Å². The van der Waals surface area contributed by atoms with Crippen LogP contribution in [-0.2, 0) is 28.8 Å². The minimum Gasteiger partial charge on any atom is -0.481 e. The zero-order chi connectivity index (χ0) is 25.0. The molecule has 8 N–H and O–H groups in total. The van der Waals surface area contributed by atoms with E-state index < -0.39 is 72.1 Å². The lowest BCUT2D eigenvalue weighted by Crippen LogP contribution is -2.57. The van der Waals surface area contributed by atoms with Gasteiger partial charge in [0.1, 0.15) is 18.1 Å². The monoisotopic (exact) mass is 460 g/mol. The number of rotatable bonds is 15. The molecule has 0 aromatic carbocycles. The second kappa shape index (κ2) is 14.0. The minimum absolute atomic E-state index is 0.147. The molecule has 3 amide bonds. The number of amides is 3. The second-order valence-corrected chi connectivity index (χ2v) is 7.47. The van der Waals surface area contributed by atoms with Gasteiger partial charge in [-0.1, -0.05) is 20.3 Å². The molecule has 13 heteroatoms. The Morgan fingerprint density at radius 1 is 0.781 bits per heavy atom. The third kappa shape index (κ3) is 10.7. The maximum Gasteiger partial charge on any atom is 0.326 e. The summed E-state index contributed by atoms with van der Waals surface area (Å²) in [5.41, 5.74) is 5.58. The Morgan fingerprint density at radius 2 is 1.31 bits per heavy atom. The van der Waals surface area contributed by atoms with Crippen molar-refractivity contribution in [3.63, 3.8) is 0 Å². The zero-order valence-electron chi connectivity index (χ0n) is 18.3. The number of aliphatic carboxylic acids is 3. The summed E-state index contributed by atoms with van der Waals surface area (Å²) >= 11 is 0. The summed E-state index contributed by atoms with van der Waals surface area (Å²) < 4.78 is 0. The molecule has 5 unspecified atom stereocenters. The molecule has 0 aliphatic carbocycles. The van der Waals surface area contributed by atoms with Crippen LogP contribution in [0.4, 0.5) is 0 Å². The van der Waals surface area contributed by atoms with Crippen molar-refractivity contribution in [1.29, 1.82) is 0 Å². The van der Waals surface area contributed by atoms with Gasteiger partial charge < -0.3 is 37.0 Å². The van der Waals surface area contributed by atoms with Crippen molar-refractivity contribution in [2.45, 2.75) is 77.0 Å². The molecule has 32 heavy (non-hydrogen) atoms. The molecule has 0 saturated heterocycles. The van der Waals surface area contributed by atoms with Gasteiger partial charge in [-0.25, -0.2) is 4.79 Å². The molecule has 0 saturated carbocycles. The highest BCUT2D eigenvalue weighted by molar-refractivity contribution is 5.94. The smallest absolute Gasteiger partial charge is 0.326 e. The fourth-order valence-corrected chi connectivity index (χ4v) is 2.57. The Bertz CT molecular complexity index is 713. The molecule has 5 atom stereocenters. The SMILES string of the molecule is CCC(C)C(NC(=O)C(CCC(=O)O)NC(=O)C(C)NC(=O)C(N)CCC(=O)O)C(=O)O. The van der Waals surface area contributed by atoms with Crippen LogP contribution in [0.15, 0.2) is 0 Å². The highest BCUT2D eigenvalue weighted by atomic mass is 16.4. The van der Waals surface area contributed by atoms with E-state index in [2.05, 4.69) is 16.0 Å². The largest absolute Gasteiger partial charge is 0.481 e. The van der Waals surface area contributed by atoms with Crippen LogP contribution in [0.5, 0.6) is 0 Å². The molecule has 13 nitrogen and oxygen atoms in total. The quantitative estimate of drug-likeness (QED) is 0.152. The Balaban J connectivity index is 5.18. The van der Waals surface area contributed by atoms with Gasteiger partial charge in [-0.2, -0.15) is 0 Å². The summed E-state index contributed by atoms with van der Waals surface area (Å²) in [5.74, 6) is -6.52. The van der Waals surface area contributed by atoms with Gasteiger partial charge in [0.2, 0.25) is 17.7 Å². The topological polar surface area (TPSA) is 225 Å². The number of carboxylic acids is 3. The van der Waals surface area contributed by atoms with Crippen LogP contribution in [0.3, 0.4) is 0 Å². The maximum absolute atomic E-state index is 12.6. The lowest BCUT2D eigenvalue weighted by Gasteiger charge is -2.25. The van der Waals surface area contributed by atoms with Gasteiger partial charge in [0.15, 0.2) is 0 Å². The van der Waals surface area contributed by atoms with Crippen LogP contribution in [0.1, 0.15) is 52.9 Å². The van der Waals surface area contributed by atoms with Crippen LogP contribution < -0.4 is 21.7 Å². The lowest BCUT2D eigenvalue weighted by molar-refractivity contribution is -0.144. The third-order valence-electron chi connectivity index (χ3n) is 4.81. The standard InChI is InChI=1S/C19H32N4O9/c1-4-9(2)15(19(31)32)23-18(30)12(6-8-14(26)27)22-16(28)10(3)21-17(29)11(20)5-7-13(24)25/h9-12,15H,4-8,20H2,1-3H3,(H,21,29)(H,22,28)(H,23,30)(H,24,25)(H,26,27)(H,31,32). The van der Waals surface area contributed by atoms with Crippen LogP contribution in [-0.4, -0.2) is 75.1 Å². The lowest BCUT2D eigenvalue weighted by atomic mass is 9.98. The van der Waals surface area contributed by atoms with Crippen molar-refractivity contribution in [3.8, 4) is 0 Å². The van der Waals surface area contributed by atoms with Crippen LogP contribution in [0, 0.1) is 5.92 Å². The van der Waals surface area contributed by atoms with Crippen molar-refractivity contribution >= 4 is 35.6 Å². The van der Waals surface area contributed by atoms with Crippen molar-refractivity contribution in [2.75, 3.05) is 0 Å². The number of hydrogen-bond donors (Lipinski definition) is 7. The Morgan fingerprint density at radius 3 is 1.78 bits per heavy atom. The van der Waals surface area contributed by atoms with Crippen LogP contribution in [0.2, 0.25) is 0 Å². The number of carbonyl (C=O) groups excluding carboxylic acids is 3. The number of nitrogens with one attached hydrogen (secondary N) is 3. The van der Waals surface area contributed by atoms with Crippen molar-refractivity contribution in [1.82, 2.24) is 16.0 Å². The van der Waals surface area contributed by atoms with Gasteiger partial charge in [0.05, 0.1) is 6.04 Å². The Labute approximate surface area is 185 Å². The highest BCUT2D eigenvalue weighted by Gasteiger charge is 2.31. The first-order valence-corrected chi connectivity index (χ1v) is 10.1. The molecule has 0 rings (SSSR count). The number of carbonyl (C=O) groups is 6. The number of carboxylic acid groups (broad SMARTS) is 3. The van der Waals surface area contributed by atoms with Crippen molar-refractivity contribution < 1.29 is 44.1 Å². The second-order valence-electron chi connectivity index (χ2n) is 7.47. The van der Waals surface area contributed by atoms with Crippen LogP contribution >= 0.6 is 0 Å². The first kappa shape index (κ1) is 28.8. The first-order valence-electron chi connectivity index (χ1n) is 10.1. The normalized spacial score (nSPS) is 15.4. The predicted octanol–water partition coefficient (Wildman–Crippen LogP) is -1.35. The molecule has 0 heterocycles. The van der Waals surface area contributed by atoms with Gasteiger partial charge in [-0.3, -0.25) is 24.0 Å². The maximum atomic E-state index is 12.6. The molecule has 0 bridgehead atoms. The van der Waals surface area contributed by atoms with Gasteiger partial charge in [0, 0.05) is 12.8 Å². The van der Waals surface area contributed by atoms with Gasteiger partial charge >= 0.3 is 17.9 Å². The molecule has 0 fully saturated rings. The molecular weight excluding hydrogens is 428 g/mol. The summed E-state index contributed by atoms with van der Waals surface area (Å²) in [6.07, 6.45) is -0.813. The number of hydrogen-bond acceptors (Lipinski definition) is 7. The molecule has 0 aromatic rings. The average molecular weight is 460 g/mol. The van der Waals surface area contributed by atoms with E-state index in [4.69, 9.17) is 15.9 Å². The van der Waals surface area contributed by atoms with Crippen molar-refractivity contribution in [2.24, 2.45) is 11.7 Å². The van der Waals surface area contributed by atoms with E-state index in [-0.39, 0.29) is 19.3 Å². The van der Waals surface area contributed by atoms with E-state index in [9.17, 15) is 33.9 Å². The molecule has 0 aliphatic heterocycles. The van der Waals surface area contributed by atoms with E-state index in [0.717, 1.165) is 0 Å². The van der Waals surface area contributed by atoms with Gasteiger partial charge in [0.25, 0.3) is 0 Å². The van der Waals surface area contributed by atoms with E-state index >= 15 is 0 Å². The summed E-state index contributed by atoms with van der Waals surface area (Å²) in [6.45, 7) is 4.65. The summed E-state index contributed by atoms with van der Waals surface area (Å²) in [5, 5.41) is 33.8. The summed E-state index contributed by atoms with van der Waals surface area (Å²) in [7, 11) is 0. The van der Waals surface area contributed by atoms with Gasteiger partial charge in [-0.05, 0) is 25.7 Å². The Hall–Kier alpha value is -3.22. The summed E-state index contributed by atoms with van der Waals surface area (Å²) in [4.78, 5) is 69.9. The average Bonchev–Trinajstić information content (AvgIpc) is 2.71. The molecule has 182 valence electrons. The minimum atomic E-state index is -1.36. The molecule has 0 radical (unpaired) electrons. The first-order chi connectivity index (χ1) is 14.8. The molecule has 0 aliphatic rings. The van der Waals surface area contributed by atoms with Crippen molar-refractivity contribution in [3.05, 3.63) is 0 Å². The number of nitrogens with two attached hydrogens (primary N) is 1. The van der Waals surface area contributed by atoms with Crippen LogP contribution in [0.25, 0.3) is 0 Å². The highest BCUT2D eigenvalue weighted by Crippen LogP contribution is 2.09. The molecule has 0 spiro atoms. The van der Waals surface area contributed by atoms with Gasteiger partial charge in [-0.15, -0.1) is 0 Å². The van der Waals surface area contributed by atoms with E-state index in [1.165, 1.54) is 6.92 Å². The fourth-order valence-electron chi connectivity index (χ4n) is 2.57. The fraction of sp³-hybridized carbons (Fsp3) is 0.684. The molecular formula is C19H32N4O9. The Kier molecular flexibility index (Phi) is 12.6. The summed E-state index contributed by atoms with van der Waals surface area (Å²) in [6, 6.07) is -4.94.